The van der Waals surface area contributed by atoms with Gasteiger partial charge in [0.15, 0.2) is 0 Å². The molecule has 1 atom stereocenters. The van der Waals surface area contributed by atoms with Crippen LogP contribution < -0.4 is 5.32 Å². The number of nitrogens with zero attached hydrogens (tertiary/aromatic N) is 1. The van der Waals surface area contributed by atoms with Crippen LogP contribution in [0.2, 0.25) is 0 Å². The van der Waals surface area contributed by atoms with Crippen molar-refractivity contribution in [3.63, 3.8) is 0 Å². The summed E-state index contributed by atoms with van der Waals surface area (Å²) in [6, 6.07) is 0.288. The van der Waals surface area contributed by atoms with Crippen LogP contribution in [-0.4, -0.2) is 17.7 Å². The molecule has 1 N–H and O–H groups in total. The number of nitrogens with one attached hydrogen (secondary N) is 1. The maximum Gasteiger partial charge on any atom is 0.389 e. The molecule has 18 heavy (non-hydrogen) atoms. The van der Waals surface area contributed by atoms with Crippen molar-refractivity contribution in [2.75, 3.05) is 6.54 Å². The minimum atomic E-state index is -4.09. The van der Waals surface area contributed by atoms with Crippen LogP contribution >= 0.6 is 11.3 Å². The zero-order chi connectivity index (χ0) is 13.2. The summed E-state index contributed by atoms with van der Waals surface area (Å²) in [6.07, 6.45) is -1.83. The molecule has 1 aromatic heterocycles. The predicted molar refractivity (Wildman–Crippen MR) is 65.8 cm³/mol. The molecule has 102 valence electrons. The average molecular weight is 278 g/mol. The van der Waals surface area contributed by atoms with Crippen LogP contribution in [0.5, 0.6) is 0 Å². The summed E-state index contributed by atoms with van der Waals surface area (Å²) in [4.78, 5) is 5.52. The topological polar surface area (TPSA) is 24.9 Å². The number of hydrogen-bond donors (Lipinski definition) is 1. The number of fused-ring (bicyclic) bond motifs is 1. The molecule has 1 heterocycles. The zero-order valence-electron chi connectivity index (χ0n) is 10.3. The Kier molecular flexibility index (Phi) is 4.27. The number of halogens is 3. The molecule has 1 unspecified atom stereocenters. The fraction of sp³-hybridized carbons (Fsp3) is 0.750. The van der Waals surface area contributed by atoms with Gasteiger partial charge in [-0.25, -0.2) is 4.98 Å². The average Bonchev–Trinajstić information content (AvgIpc) is 2.70. The molecule has 0 fully saturated rings. The number of alkyl halides is 3. The van der Waals surface area contributed by atoms with Gasteiger partial charge in [-0.05, 0) is 25.8 Å². The lowest BCUT2D eigenvalue weighted by atomic mass is 9.98. The maximum atomic E-state index is 12.2. The summed E-state index contributed by atoms with van der Waals surface area (Å²) >= 11 is 1.45. The summed E-state index contributed by atoms with van der Waals surface area (Å²) in [5.41, 5.74) is 1.01. The van der Waals surface area contributed by atoms with Crippen molar-refractivity contribution in [2.24, 2.45) is 0 Å². The molecule has 0 saturated carbocycles. The quantitative estimate of drug-likeness (QED) is 0.909. The highest BCUT2D eigenvalue weighted by molar-refractivity contribution is 7.11. The lowest BCUT2D eigenvalue weighted by Crippen LogP contribution is -2.23. The van der Waals surface area contributed by atoms with Gasteiger partial charge >= 0.3 is 6.18 Å². The van der Waals surface area contributed by atoms with E-state index in [4.69, 9.17) is 0 Å². The third kappa shape index (κ3) is 3.45. The highest BCUT2D eigenvalue weighted by atomic mass is 32.1. The highest BCUT2D eigenvalue weighted by Crippen LogP contribution is 2.35. The number of aryl methyl sites for hydroxylation is 2. The lowest BCUT2D eigenvalue weighted by Gasteiger charge is -2.21. The first kappa shape index (κ1) is 13.8. The molecule has 0 radical (unpaired) electrons. The van der Waals surface area contributed by atoms with Crippen molar-refractivity contribution < 1.29 is 13.2 Å². The molecule has 1 aliphatic carbocycles. The third-order valence-corrected chi connectivity index (χ3v) is 4.34. The summed E-state index contributed by atoms with van der Waals surface area (Å²) in [5, 5.41) is 4.00. The molecular formula is C12H17F3N2S. The first-order chi connectivity index (χ1) is 8.49. The van der Waals surface area contributed by atoms with E-state index >= 15 is 0 Å². The first-order valence-corrected chi connectivity index (χ1v) is 7.10. The Balaban J connectivity index is 2.07. The second-order valence-corrected chi connectivity index (χ2v) is 5.65. The fourth-order valence-electron chi connectivity index (χ4n) is 2.27. The van der Waals surface area contributed by atoms with E-state index in [2.05, 4.69) is 10.3 Å². The van der Waals surface area contributed by atoms with Crippen molar-refractivity contribution in [1.29, 1.82) is 0 Å². The minimum Gasteiger partial charge on any atom is -0.309 e. The Bertz CT molecular complexity index is 401. The molecule has 1 aliphatic rings. The van der Waals surface area contributed by atoms with Crippen LogP contribution in [0.1, 0.15) is 47.8 Å². The maximum absolute atomic E-state index is 12.2. The van der Waals surface area contributed by atoms with Gasteiger partial charge in [-0.15, -0.1) is 11.3 Å². The van der Waals surface area contributed by atoms with Gasteiger partial charge < -0.3 is 5.32 Å². The number of thiazole rings is 1. The van der Waals surface area contributed by atoms with Gasteiger partial charge in [-0.1, -0.05) is 6.92 Å². The molecule has 6 heteroatoms. The van der Waals surface area contributed by atoms with Crippen LogP contribution in [-0.2, 0) is 12.8 Å². The highest BCUT2D eigenvalue weighted by Gasteiger charge is 2.29. The Hall–Kier alpha value is -0.620. The van der Waals surface area contributed by atoms with Gasteiger partial charge in [0.2, 0.25) is 0 Å². The Morgan fingerprint density at radius 2 is 2.22 bits per heavy atom. The summed E-state index contributed by atoms with van der Waals surface area (Å²) in [6.45, 7) is 2.92. The number of aromatic nitrogens is 1. The Labute approximate surface area is 109 Å². The van der Waals surface area contributed by atoms with Gasteiger partial charge in [-0.2, -0.15) is 13.2 Å². The molecule has 0 spiro atoms. The first-order valence-electron chi connectivity index (χ1n) is 6.28. The minimum absolute atomic E-state index is 0.0139. The number of rotatable bonds is 4. The lowest BCUT2D eigenvalue weighted by molar-refractivity contribution is -0.134. The molecule has 0 bridgehead atoms. The standard InChI is InChI=1S/C12H17F3N2S/c1-2-16-8-4-3-5-9-11(8)18-10(17-9)6-7-12(13,14)15/h8,16H,2-7H2,1H3. The van der Waals surface area contributed by atoms with Crippen LogP contribution in [0.4, 0.5) is 13.2 Å². The van der Waals surface area contributed by atoms with Gasteiger partial charge in [0.05, 0.1) is 10.7 Å². The van der Waals surface area contributed by atoms with Crippen LogP contribution in [0.25, 0.3) is 0 Å². The van der Waals surface area contributed by atoms with Gasteiger partial charge in [0.1, 0.15) is 0 Å². The van der Waals surface area contributed by atoms with E-state index in [0.717, 1.165) is 36.4 Å². The Morgan fingerprint density at radius 3 is 2.89 bits per heavy atom. The molecular weight excluding hydrogens is 261 g/mol. The molecule has 0 amide bonds. The van der Waals surface area contributed by atoms with Crippen LogP contribution in [0.3, 0.4) is 0 Å². The fourth-order valence-corrected chi connectivity index (χ4v) is 3.49. The smallest absolute Gasteiger partial charge is 0.309 e. The predicted octanol–water partition coefficient (Wildman–Crippen LogP) is 3.62. The molecule has 2 nitrogen and oxygen atoms in total. The molecule has 1 aromatic rings. The third-order valence-electron chi connectivity index (χ3n) is 3.07. The SMILES string of the molecule is CCNC1CCCc2nc(CCC(F)(F)F)sc21. The van der Waals surface area contributed by atoms with E-state index in [1.54, 1.807) is 0 Å². The largest absolute Gasteiger partial charge is 0.389 e. The van der Waals surface area contributed by atoms with Gasteiger partial charge in [0, 0.05) is 23.8 Å². The monoisotopic (exact) mass is 278 g/mol. The van der Waals surface area contributed by atoms with Gasteiger partial charge in [-0.3, -0.25) is 0 Å². The molecule has 2 rings (SSSR count). The van der Waals surface area contributed by atoms with E-state index in [1.165, 1.54) is 11.3 Å². The van der Waals surface area contributed by atoms with E-state index < -0.39 is 12.6 Å². The number of hydrogen-bond acceptors (Lipinski definition) is 3. The van der Waals surface area contributed by atoms with Crippen molar-refractivity contribution in [1.82, 2.24) is 10.3 Å². The molecule has 0 aliphatic heterocycles. The molecule has 0 aromatic carbocycles. The summed E-state index contributed by atoms with van der Waals surface area (Å²) in [5.74, 6) is 0. The van der Waals surface area contributed by atoms with Crippen molar-refractivity contribution in [3.8, 4) is 0 Å². The van der Waals surface area contributed by atoms with E-state index in [0.29, 0.717) is 5.01 Å². The van der Waals surface area contributed by atoms with Crippen LogP contribution in [0.15, 0.2) is 0 Å². The van der Waals surface area contributed by atoms with Crippen molar-refractivity contribution in [3.05, 3.63) is 15.6 Å². The van der Waals surface area contributed by atoms with E-state index in [9.17, 15) is 13.2 Å². The second-order valence-electron chi connectivity index (χ2n) is 4.54. The molecule has 0 saturated heterocycles. The summed E-state index contributed by atoms with van der Waals surface area (Å²) in [7, 11) is 0. The Morgan fingerprint density at radius 1 is 1.44 bits per heavy atom. The van der Waals surface area contributed by atoms with Crippen LogP contribution in [0, 0.1) is 0 Å². The van der Waals surface area contributed by atoms with Crippen molar-refractivity contribution >= 4 is 11.3 Å². The summed E-state index contributed by atoms with van der Waals surface area (Å²) < 4.78 is 36.6. The van der Waals surface area contributed by atoms with Crippen molar-refractivity contribution in [2.45, 2.75) is 51.2 Å². The van der Waals surface area contributed by atoms with Gasteiger partial charge in [0.25, 0.3) is 0 Å². The van der Waals surface area contributed by atoms with E-state index in [-0.39, 0.29) is 12.5 Å². The second kappa shape index (κ2) is 5.57. The zero-order valence-corrected chi connectivity index (χ0v) is 11.1. The normalized spacial score (nSPS) is 19.9. The van der Waals surface area contributed by atoms with E-state index in [1.807, 2.05) is 6.92 Å².